The molecular weight excluding hydrogens is 190 g/mol. The van der Waals surface area contributed by atoms with Gasteiger partial charge < -0.3 is 9.94 Å². The van der Waals surface area contributed by atoms with E-state index in [1.165, 1.54) is 5.56 Å². The Bertz CT molecular complexity index is 370. The number of rotatable bonds is 3. The van der Waals surface area contributed by atoms with Crippen molar-refractivity contribution in [2.75, 3.05) is 7.11 Å². The van der Waals surface area contributed by atoms with Crippen molar-refractivity contribution in [2.45, 2.75) is 19.3 Å². The van der Waals surface area contributed by atoms with Gasteiger partial charge in [0.15, 0.2) is 0 Å². The Morgan fingerprint density at radius 1 is 1.40 bits per heavy atom. The van der Waals surface area contributed by atoms with Gasteiger partial charge in [0.25, 0.3) is 0 Å². The van der Waals surface area contributed by atoms with E-state index in [1.807, 2.05) is 19.1 Å². The second-order valence-corrected chi connectivity index (χ2v) is 3.96. The number of hydrogen-bond acceptors (Lipinski definition) is 3. The minimum Gasteiger partial charge on any atom is -0.497 e. The molecule has 2 rings (SSSR count). The average Bonchev–Trinajstić information content (AvgIpc) is 3.08. The molecule has 0 saturated heterocycles. The lowest BCUT2D eigenvalue weighted by Crippen LogP contribution is -1.96. The summed E-state index contributed by atoms with van der Waals surface area (Å²) in [4.78, 5) is 0. The molecule has 2 atom stereocenters. The van der Waals surface area contributed by atoms with Gasteiger partial charge in [-0.2, -0.15) is 0 Å². The minimum absolute atomic E-state index is 0.420. The molecule has 0 aromatic heterocycles. The fraction of sp³-hybridized carbons (Fsp3) is 0.417. The maximum absolute atomic E-state index is 8.66. The molecule has 80 valence electrons. The standard InChI is InChI=1S/C12H15NO2/c1-8(13-14)11-7-12(11)9-3-5-10(15-2)6-4-9/h3-6,11-12,14H,7H2,1-2H3/b13-8+/t11-,12+/m1/s1. The predicted molar refractivity (Wildman–Crippen MR) is 58.7 cm³/mol. The molecule has 0 spiro atoms. The molecule has 0 heterocycles. The summed E-state index contributed by atoms with van der Waals surface area (Å²) < 4.78 is 5.10. The van der Waals surface area contributed by atoms with E-state index in [0.717, 1.165) is 17.9 Å². The maximum atomic E-state index is 8.66. The summed E-state index contributed by atoms with van der Waals surface area (Å²) in [6.45, 7) is 1.87. The average molecular weight is 205 g/mol. The fourth-order valence-corrected chi connectivity index (χ4v) is 1.95. The first kappa shape index (κ1) is 10.0. The van der Waals surface area contributed by atoms with Crippen LogP contribution in [0.2, 0.25) is 0 Å². The Hall–Kier alpha value is -1.51. The zero-order valence-electron chi connectivity index (χ0n) is 8.97. The summed E-state index contributed by atoms with van der Waals surface area (Å²) in [5.74, 6) is 1.82. The summed E-state index contributed by atoms with van der Waals surface area (Å²) in [5.41, 5.74) is 2.12. The molecule has 1 aromatic carbocycles. The smallest absolute Gasteiger partial charge is 0.118 e. The molecule has 0 bridgehead atoms. The Morgan fingerprint density at radius 2 is 2.07 bits per heavy atom. The van der Waals surface area contributed by atoms with Crippen molar-refractivity contribution in [3.63, 3.8) is 0 Å². The third-order valence-corrected chi connectivity index (χ3v) is 3.03. The molecule has 0 aliphatic heterocycles. The van der Waals surface area contributed by atoms with E-state index >= 15 is 0 Å². The highest BCUT2D eigenvalue weighted by Gasteiger charge is 2.40. The normalized spacial score (nSPS) is 25.1. The van der Waals surface area contributed by atoms with Crippen molar-refractivity contribution >= 4 is 5.71 Å². The van der Waals surface area contributed by atoms with Crippen molar-refractivity contribution in [2.24, 2.45) is 11.1 Å². The van der Waals surface area contributed by atoms with E-state index in [2.05, 4.69) is 17.3 Å². The van der Waals surface area contributed by atoms with E-state index in [-0.39, 0.29) is 0 Å². The van der Waals surface area contributed by atoms with Crippen LogP contribution in [0.1, 0.15) is 24.8 Å². The van der Waals surface area contributed by atoms with Crippen LogP contribution in [0.25, 0.3) is 0 Å². The van der Waals surface area contributed by atoms with Crippen molar-refractivity contribution in [1.82, 2.24) is 0 Å². The lowest BCUT2D eigenvalue weighted by molar-refractivity contribution is 0.316. The SMILES string of the molecule is COc1ccc([C@@H]2C[C@@H]2/C(C)=N/O)cc1. The molecule has 0 unspecified atom stereocenters. The van der Waals surface area contributed by atoms with Gasteiger partial charge in [-0.1, -0.05) is 17.3 Å². The molecule has 3 heteroatoms. The second-order valence-electron chi connectivity index (χ2n) is 3.96. The van der Waals surface area contributed by atoms with Crippen LogP contribution in [-0.4, -0.2) is 18.0 Å². The van der Waals surface area contributed by atoms with E-state index in [1.54, 1.807) is 7.11 Å². The summed E-state index contributed by atoms with van der Waals surface area (Å²) in [6, 6.07) is 8.09. The van der Waals surface area contributed by atoms with Gasteiger partial charge in [0.1, 0.15) is 5.75 Å². The van der Waals surface area contributed by atoms with Crippen LogP contribution in [-0.2, 0) is 0 Å². The maximum Gasteiger partial charge on any atom is 0.118 e. The highest BCUT2D eigenvalue weighted by atomic mass is 16.5. The van der Waals surface area contributed by atoms with Crippen LogP contribution >= 0.6 is 0 Å². The molecule has 3 nitrogen and oxygen atoms in total. The summed E-state index contributed by atoms with van der Waals surface area (Å²) in [7, 11) is 1.66. The van der Waals surface area contributed by atoms with Crippen LogP contribution in [0.15, 0.2) is 29.4 Å². The number of methoxy groups -OCH3 is 1. The Labute approximate surface area is 89.4 Å². The first-order valence-electron chi connectivity index (χ1n) is 5.08. The largest absolute Gasteiger partial charge is 0.497 e. The van der Waals surface area contributed by atoms with E-state index in [4.69, 9.17) is 9.94 Å². The van der Waals surface area contributed by atoms with Crippen molar-refractivity contribution < 1.29 is 9.94 Å². The molecule has 1 fully saturated rings. The van der Waals surface area contributed by atoms with Crippen LogP contribution in [0.3, 0.4) is 0 Å². The quantitative estimate of drug-likeness (QED) is 0.468. The minimum atomic E-state index is 0.420. The van der Waals surface area contributed by atoms with Gasteiger partial charge in [0.2, 0.25) is 0 Å². The lowest BCUT2D eigenvalue weighted by Gasteiger charge is -2.02. The highest BCUT2D eigenvalue weighted by Crippen LogP contribution is 2.48. The zero-order chi connectivity index (χ0) is 10.8. The summed E-state index contributed by atoms with van der Waals surface area (Å²) in [6.07, 6.45) is 1.09. The summed E-state index contributed by atoms with van der Waals surface area (Å²) in [5, 5.41) is 11.9. The highest BCUT2D eigenvalue weighted by molar-refractivity contribution is 5.87. The molecule has 0 radical (unpaired) electrons. The third kappa shape index (κ3) is 1.96. The molecular formula is C12H15NO2. The van der Waals surface area contributed by atoms with Crippen LogP contribution in [0.5, 0.6) is 5.75 Å². The first-order valence-corrected chi connectivity index (χ1v) is 5.08. The van der Waals surface area contributed by atoms with Gasteiger partial charge in [-0.25, -0.2) is 0 Å². The summed E-state index contributed by atoms with van der Waals surface area (Å²) >= 11 is 0. The van der Waals surface area contributed by atoms with Gasteiger partial charge in [0, 0.05) is 5.92 Å². The van der Waals surface area contributed by atoms with E-state index < -0.39 is 0 Å². The van der Waals surface area contributed by atoms with Crippen LogP contribution in [0.4, 0.5) is 0 Å². The Balaban J connectivity index is 2.07. The second kappa shape index (κ2) is 3.93. The monoisotopic (exact) mass is 205 g/mol. The van der Waals surface area contributed by atoms with E-state index in [0.29, 0.717) is 11.8 Å². The molecule has 1 aliphatic carbocycles. The number of benzene rings is 1. The molecule has 15 heavy (non-hydrogen) atoms. The number of hydrogen-bond donors (Lipinski definition) is 1. The van der Waals surface area contributed by atoms with Gasteiger partial charge in [-0.3, -0.25) is 0 Å². The molecule has 0 amide bonds. The molecule has 1 N–H and O–H groups in total. The van der Waals surface area contributed by atoms with Crippen LogP contribution in [0, 0.1) is 5.92 Å². The first-order chi connectivity index (χ1) is 7.26. The number of oxime groups is 1. The molecule has 1 saturated carbocycles. The fourth-order valence-electron chi connectivity index (χ4n) is 1.95. The van der Waals surface area contributed by atoms with Gasteiger partial charge in [-0.15, -0.1) is 0 Å². The van der Waals surface area contributed by atoms with E-state index in [9.17, 15) is 0 Å². The van der Waals surface area contributed by atoms with Crippen molar-refractivity contribution in [3.8, 4) is 5.75 Å². The van der Waals surface area contributed by atoms with Gasteiger partial charge in [-0.05, 0) is 37.0 Å². The zero-order valence-corrected chi connectivity index (χ0v) is 8.97. The molecule has 1 aliphatic rings. The Morgan fingerprint density at radius 3 is 2.60 bits per heavy atom. The predicted octanol–water partition coefficient (Wildman–Crippen LogP) is 2.65. The van der Waals surface area contributed by atoms with Crippen molar-refractivity contribution in [3.05, 3.63) is 29.8 Å². The Kier molecular flexibility index (Phi) is 2.62. The molecule has 1 aromatic rings. The number of nitrogens with zero attached hydrogens (tertiary/aromatic N) is 1. The van der Waals surface area contributed by atoms with Crippen molar-refractivity contribution in [1.29, 1.82) is 0 Å². The number of ether oxygens (including phenoxy) is 1. The third-order valence-electron chi connectivity index (χ3n) is 3.03. The van der Waals surface area contributed by atoms with Crippen LogP contribution < -0.4 is 4.74 Å². The van der Waals surface area contributed by atoms with Gasteiger partial charge in [0.05, 0.1) is 12.8 Å². The van der Waals surface area contributed by atoms with Gasteiger partial charge >= 0.3 is 0 Å². The lowest BCUT2D eigenvalue weighted by atomic mass is 10.1. The topological polar surface area (TPSA) is 41.8 Å².